The normalized spacial score (nSPS) is 10.7. The van der Waals surface area contributed by atoms with Crippen molar-refractivity contribution in [2.24, 2.45) is 0 Å². The van der Waals surface area contributed by atoms with Gasteiger partial charge in [-0.15, -0.1) is 0 Å². The Labute approximate surface area is 207 Å². The van der Waals surface area contributed by atoms with E-state index in [2.05, 4.69) is 10.1 Å². The van der Waals surface area contributed by atoms with E-state index in [1.165, 1.54) is 10.9 Å². The molecular formula is C28H22N4O4. The Morgan fingerprint density at radius 2 is 1.64 bits per heavy atom. The van der Waals surface area contributed by atoms with E-state index in [0.717, 1.165) is 11.1 Å². The maximum atomic E-state index is 13.5. The van der Waals surface area contributed by atoms with Crippen molar-refractivity contribution in [2.45, 2.75) is 6.92 Å². The number of ether oxygens (including phenoxy) is 2. The number of aromatic nitrogens is 4. The number of hydrogen-bond acceptors (Lipinski definition) is 6. The van der Waals surface area contributed by atoms with Crippen LogP contribution in [0.4, 0.5) is 0 Å². The maximum Gasteiger partial charge on any atom is 0.338 e. The summed E-state index contributed by atoms with van der Waals surface area (Å²) in [6.07, 6.45) is 6.43. The highest BCUT2D eigenvalue weighted by atomic mass is 16.5. The van der Waals surface area contributed by atoms with Gasteiger partial charge >= 0.3 is 11.5 Å². The average molecular weight is 479 g/mol. The number of carbonyl (C=O) groups is 1. The molecule has 8 nitrogen and oxygen atoms in total. The summed E-state index contributed by atoms with van der Waals surface area (Å²) < 4.78 is 14.0. The van der Waals surface area contributed by atoms with Crippen molar-refractivity contribution < 1.29 is 14.3 Å². The third-order valence-electron chi connectivity index (χ3n) is 5.50. The van der Waals surface area contributed by atoms with Crippen LogP contribution in [-0.2, 0) is 4.74 Å². The van der Waals surface area contributed by atoms with Crippen LogP contribution in [0.3, 0.4) is 0 Å². The van der Waals surface area contributed by atoms with E-state index in [-0.39, 0.29) is 12.4 Å². The lowest BCUT2D eigenvalue weighted by atomic mass is 10.1. The molecule has 0 aliphatic carbocycles. The number of imidazole rings is 1. The quantitative estimate of drug-likeness (QED) is 0.304. The molecule has 5 rings (SSSR count). The van der Waals surface area contributed by atoms with Crippen LogP contribution in [0, 0.1) is 0 Å². The zero-order valence-electron chi connectivity index (χ0n) is 19.4. The second kappa shape index (κ2) is 10.1. The highest BCUT2D eigenvalue weighted by Crippen LogP contribution is 2.27. The SMILES string of the molecule is CCOC(=O)c1ccc(-n2ncc(-n3ccnc3)c(Oc3ccc(-c4ccccc4)cc3)c2=O)cc1. The number of esters is 1. The predicted molar refractivity (Wildman–Crippen MR) is 135 cm³/mol. The first-order chi connectivity index (χ1) is 17.6. The van der Waals surface area contributed by atoms with Crippen molar-refractivity contribution in [1.82, 2.24) is 19.3 Å². The summed E-state index contributed by atoms with van der Waals surface area (Å²) in [5.74, 6) is 0.163. The minimum atomic E-state index is -0.461. The lowest BCUT2D eigenvalue weighted by Gasteiger charge is -2.14. The molecule has 0 atom stereocenters. The fourth-order valence-electron chi connectivity index (χ4n) is 3.71. The second-order valence-corrected chi connectivity index (χ2v) is 7.81. The average Bonchev–Trinajstić information content (AvgIpc) is 3.46. The smallest absolute Gasteiger partial charge is 0.338 e. The molecule has 8 heteroatoms. The predicted octanol–water partition coefficient (Wildman–Crippen LogP) is 5.05. The second-order valence-electron chi connectivity index (χ2n) is 7.81. The lowest BCUT2D eigenvalue weighted by molar-refractivity contribution is 0.0526. The standard InChI is InChI=1S/C28H22N4O4/c1-2-35-28(34)22-8-12-23(13-9-22)32-27(33)26(25(18-30-32)31-17-16-29-19-31)36-24-14-10-21(11-15-24)20-6-4-3-5-7-20/h3-19H,2H2,1H3. The third kappa shape index (κ3) is 4.65. The van der Waals surface area contributed by atoms with Gasteiger partial charge in [0.25, 0.3) is 0 Å². The minimum absolute atomic E-state index is 0.0879. The van der Waals surface area contributed by atoms with E-state index in [1.54, 1.807) is 54.5 Å². The zero-order valence-corrected chi connectivity index (χ0v) is 19.4. The summed E-state index contributed by atoms with van der Waals surface area (Å²) in [7, 11) is 0. The molecule has 3 aromatic carbocycles. The number of benzene rings is 3. The van der Waals surface area contributed by atoms with Gasteiger partial charge < -0.3 is 14.0 Å². The highest BCUT2D eigenvalue weighted by molar-refractivity contribution is 5.89. The minimum Gasteiger partial charge on any atom is -0.462 e. The van der Waals surface area contributed by atoms with Crippen LogP contribution in [0.15, 0.2) is 109 Å². The maximum absolute atomic E-state index is 13.5. The fourth-order valence-corrected chi connectivity index (χ4v) is 3.71. The topological polar surface area (TPSA) is 88.2 Å². The molecule has 0 bridgehead atoms. The van der Waals surface area contributed by atoms with Crippen LogP contribution in [0.25, 0.3) is 22.5 Å². The molecule has 0 unspecified atom stereocenters. The van der Waals surface area contributed by atoms with Gasteiger partial charge in [0.2, 0.25) is 5.75 Å². The molecule has 0 aliphatic heterocycles. The van der Waals surface area contributed by atoms with Gasteiger partial charge in [0.1, 0.15) is 11.4 Å². The van der Waals surface area contributed by atoms with E-state index in [1.807, 2.05) is 54.6 Å². The first-order valence-corrected chi connectivity index (χ1v) is 11.4. The third-order valence-corrected chi connectivity index (χ3v) is 5.50. The van der Waals surface area contributed by atoms with E-state index in [0.29, 0.717) is 22.7 Å². The van der Waals surface area contributed by atoms with Gasteiger partial charge in [-0.05, 0) is 54.4 Å². The summed E-state index contributed by atoms with van der Waals surface area (Å²) in [6.45, 7) is 2.03. The summed E-state index contributed by atoms with van der Waals surface area (Å²) in [4.78, 5) is 29.6. The first-order valence-electron chi connectivity index (χ1n) is 11.4. The van der Waals surface area contributed by atoms with Gasteiger partial charge in [0, 0.05) is 12.4 Å². The summed E-state index contributed by atoms with van der Waals surface area (Å²) in [6, 6.07) is 24.0. The monoisotopic (exact) mass is 478 g/mol. The number of carbonyl (C=O) groups excluding carboxylic acids is 1. The number of hydrogen-bond donors (Lipinski definition) is 0. The molecule has 5 aromatic rings. The van der Waals surface area contributed by atoms with Crippen molar-refractivity contribution in [3.8, 4) is 34.0 Å². The van der Waals surface area contributed by atoms with Crippen LogP contribution in [0.1, 0.15) is 17.3 Å². The van der Waals surface area contributed by atoms with Crippen molar-refractivity contribution in [1.29, 1.82) is 0 Å². The van der Waals surface area contributed by atoms with Crippen molar-refractivity contribution >= 4 is 5.97 Å². The van der Waals surface area contributed by atoms with Gasteiger partial charge in [0.15, 0.2) is 0 Å². The van der Waals surface area contributed by atoms with Crippen molar-refractivity contribution in [2.75, 3.05) is 6.61 Å². The largest absolute Gasteiger partial charge is 0.462 e. The molecule has 0 N–H and O–H groups in total. The Morgan fingerprint density at radius 1 is 0.917 bits per heavy atom. The Morgan fingerprint density at radius 3 is 2.31 bits per heavy atom. The van der Waals surface area contributed by atoms with Gasteiger partial charge in [-0.3, -0.25) is 4.79 Å². The zero-order chi connectivity index (χ0) is 24.9. The molecule has 36 heavy (non-hydrogen) atoms. The molecular weight excluding hydrogens is 456 g/mol. The Kier molecular flexibility index (Phi) is 6.40. The fraction of sp³-hybridized carbons (Fsp3) is 0.0714. The van der Waals surface area contributed by atoms with Crippen LogP contribution in [-0.4, -0.2) is 31.9 Å². The van der Waals surface area contributed by atoms with E-state index in [4.69, 9.17) is 9.47 Å². The Balaban J connectivity index is 1.51. The molecule has 0 aliphatic rings. The molecule has 0 fully saturated rings. The van der Waals surface area contributed by atoms with E-state index < -0.39 is 11.5 Å². The van der Waals surface area contributed by atoms with Crippen LogP contribution in [0.2, 0.25) is 0 Å². The van der Waals surface area contributed by atoms with Crippen LogP contribution in [0.5, 0.6) is 11.5 Å². The molecule has 178 valence electrons. The summed E-state index contributed by atoms with van der Waals surface area (Å²) in [5, 5.41) is 4.33. The number of rotatable bonds is 7. The summed E-state index contributed by atoms with van der Waals surface area (Å²) >= 11 is 0. The molecule has 0 radical (unpaired) electrons. The van der Waals surface area contributed by atoms with Crippen LogP contribution < -0.4 is 10.3 Å². The summed E-state index contributed by atoms with van der Waals surface area (Å²) in [5.41, 5.74) is 2.97. The highest BCUT2D eigenvalue weighted by Gasteiger charge is 2.17. The van der Waals surface area contributed by atoms with E-state index in [9.17, 15) is 9.59 Å². The molecule has 2 aromatic heterocycles. The van der Waals surface area contributed by atoms with Crippen molar-refractivity contribution in [3.63, 3.8) is 0 Å². The van der Waals surface area contributed by atoms with Gasteiger partial charge in [-0.2, -0.15) is 9.78 Å². The molecule has 0 amide bonds. The van der Waals surface area contributed by atoms with Gasteiger partial charge in [-0.1, -0.05) is 42.5 Å². The molecule has 0 saturated carbocycles. The van der Waals surface area contributed by atoms with Gasteiger partial charge in [0.05, 0.1) is 30.4 Å². The van der Waals surface area contributed by atoms with Crippen LogP contribution >= 0.6 is 0 Å². The number of nitrogens with zero attached hydrogens (tertiary/aromatic N) is 4. The first kappa shape index (κ1) is 22.8. The van der Waals surface area contributed by atoms with E-state index >= 15 is 0 Å². The Bertz CT molecular complexity index is 1530. The molecule has 0 saturated heterocycles. The van der Waals surface area contributed by atoms with Crippen molar-refractivity contribution in [3.05, 3.63) is 120 Å². The lowest BCUT2D eigenvalue weighted by Crippen LogP contribution is -2.24. The molecule has 2 heterocycles. The van der Waals surface area contributed by atoms with Gasteiger partial charge in [-0.25, -0.2) is 9.78 Å². The Hall–Kier alpha value is -4.98. The molecule has 0 spiro atoms.